The van der Waals surface area contributed by atoms with E-state index in [1.54, 1.807) is 4.68 Å². The zero-order valence-corrected chi connectivity index (χ0v) is 10.9. The molecule has 19 heavy (non-hydrogen) atoms. The number of rotatable bonds is 4. The molecule has 0 aliphatic rings. The molecule has 0 radical (unpaired) electrons. The first-order chi connectivity index (χ1) is 9.11. The van der Waals surface area contributed by atoms with Gasteiger partial charge in [-0.05, 0) is 41.5 Å². The average Bonchev–Trinajstić information content (AvgIpc) is 2.93. The number of nitrogens with one attached hydrogen (secondary N) is 1. The SMILES string of the molecule is CCC(N)C(=O)Nc1ccc(C)c(-n2cnnn2)c1. The molecule has 1 unspecified atom stereocenters. The third kappa shape index (κ3) is 2.94. The summed E-state index contributed by atoms with van der Waals surface area (Å²) >= 11 is 0. The summed E-state index contributed by atoms with van der Waals surface area (Å²) < 4.78 is 1.55. The fourth-order valence-corrected chi connectivity index (χ4v) is 1.63. The van der Waals surface area contributed by atoms with E-state index >= 15 is 0 Å². The lowest BCUT2D eigenvalue weighted by atomic mass is 10.1. The Balaban J connectivity index is 2.24. The number of nitrogens with zero attached hydrogens (tertiary/aromatic N) is 4. The Morgan fingerprint density at radius 2 is 2.32 bits per heavy atom. The van der Waals surface area contributed by atoms with E-state index in [0.717, 1.165) is 11.3 Å². The highest BCUT2D eigenvalue weighted by Gasteiger charge is 2.12. The second-order valence-corrected chi connectivity index (χ2v) is 4.26. The Hall–Kier alpha value is -2.28. The Labute approximate surface area is 110 Å². The third-order valence-corrected chi connectivity index (χ3v) is 2.85. The van der Waals surface area contributed by atoms with Crippen molar-refractivity contribution in [1.29, 1.82) is 0 Å². The van der Waals surface area contributed by atoms with Crippen LogP contribution in [0.4, 0.5) is 5.69 Å². The van der Waals surface area contributed by atoms with Crippen LogP contribution in [0.1, 0.15) is 18.9 Å². The smallest absolute Gasteiger partial charge is 0.241 e. The summed E-state index contributed by atoms with van der Waals surface area (Å²) in [5.41, 5.74) is 8.17. The van der Waals surface area contributed by atoms with Gasteiger partial charge >= 0.3 is 0 Å². The van der Waals surface area contributed by atoms with E-state index < -0.39 is 6.04 Å². The van der Waals surface area contributed by atoms with E-state index in [2.05, 4.69) is 20.8 Å². The maximum atomic E-state index is 11.7. The van der Waals surface area contributed by atoms with E-state index in [9.17, 15) is 4.79 Å². The van der Waals surface area contributed by atoms with Gasteiger partial charge in [-0.25, -0.2) is 4.68 Å². The average molecular weight is 260 g/mol. The molecule has 7 nitrogen and oxygen atoms in total. The molecule has 3 N–H and O–H groups in total. The number of hydrogen-bond acceptors (Lipinski definition) is 5. The number of tetrazole rings is 1. The van der Waals surface area contributed by atoms with Gasteiger partial charge in [-0.1, -0.05) is 13.0 Å². The number of carbonyl (C=O) groups excluding carboxylic acids is 1. The van der Waals surface area contributed by atoms with E-state index in [4.69, 9.17) is 5.73 Å². The minimum absolute atomic E-state index is 0.200. The lowest BCUT2D eigenvalue weighted by Crippen LogP contribution is -2.34. The van der Waals surface area contributed by atoms with Gasteiger partial charge < -0.3 is 11.1 Å². The first kappa shape index (κ1) is 13.2. The van der Waals surface area contributed by atoms with E-state index in [0.29, 0.717) is 12.1 Å². The van der Waals surface area contributed by atoms with Crippen molar-refractivity contribution in [3.63, 3.8) is 0 Å². The molecule has 1 atom stereocenters. The quantitative estimate of drug-likeness (QED) is 0.840. The standard InChI is InChI=1S/C12H16N6O/c1-3-10(13)12(19)15-9-5-4-8(2)11(6-9)18-7-14-16-17-18/h4-7,10H,3,13H2,1-2H3,(H,15,19). The molecule has 0 saturated carbocycles. The van der Waals surface area contributed by atoms with Crippen molar-refractivity contribution >= 4 is 11.6 Å². The van der Waals surface area contributed by atoms with Crippen LogP contribution >= 0.6 is 0 Å². The van der Waals surface area contributed by atoms with Crippen LogP contribution in [0.3, 0.4) is 0 Å². The van der Waals surface area contributed by atoms with Crippen molar-refractivity contribution in [2.75, 3.05) is 5.32 Å². The van der Waals surface area contributed by atoms with Gasteiger partial charge in [-0.15, -0.1) is 5.10 Å². The molecule has 0 saturated heterocycles. The monoisotopic (exact) mass is 260 g/mol. The second-order valence-electron chi connectivity index (χ2n) is 4.26. The van der Waals surface area contributed by atoms with Crippen LogP contribution in [0, 0.1) is 6.92 Å². The van der Waals surface area contributed by atoms with Gasteiger partial charge in [0.1, 0.15) is 6.33 Å². The van der Waals surface area contributed by atoms with Crippen LogP contribution in [0.15, 0.2) is 24.5 Å². The first-order valence-electron chi connectivity index (χ1n) is 6.02. The summed E-state index contributed by atoms with van der Waals surface area (Å²) in [4.78, 5) is 11.7. The van der Waals surface area contributed by atoms with Crippen LogP contribution in [-0.4, -0.2) is 32.2 Å². The first-order valence-corrected chi connectivity index (χ1v) is 6.02. The second kappa shape index (κ2) is 5.57. The van der Waals surface area contributed by atoms with E-state index in [1.807, 2.05) is 32.0 Å². The summed E-state index contributed by atoms with van der Waals surface area (Å²) in [5.74, 6) is -0.200. The predicted molar refractivity (Wildman–Crippen MR) is 70.8 cm³/mol. The van der Waals surface area contributed by atoms with Crippen LogP contribution in [0.2, 0.25) is 0 Å². The number of hydrogen-bond donors (Lipinski definition) is 2. The highest BCUT2D eigenvalue weighted by atomic mass is 16.2. The summed E-state index contributed by atoms with van der Waals surface area (Å²) in [6, 6.07) is 5.03. The fourth-order valence-electron chi connectivity index (χ4n) is 1.63. The molecule has 0 aliphatic carbocycles. The molecule has 1 aromatic carbocycles. The summed E-state index contributed by atoms with van der Waals surface area (Å²) in [6.07, 6.45) is 2.10. The lowest BCUT2D eigenvalue weighted by molar-refractivity contribution is -0.117. The lowest BCUT2D eigenvalue weighted by Gasteiger charge is -2.12. The van der Waals surface area contributed by atoms with Gasteiger partial charge in [0.05, 0.1) is 11.7 Å². The van der Waals surface area contributed by atoms with Crippen molar-refractivity contribution in [1.82, 2.24) is 20.2 Å². The van der Waals surface area contributed by atoms with E-state index in [-0.39, 0.29) is 5.91 Å². The number of nitrogens with two attached hydrogens (primary N) is 1. The molecule has 1 heterocycles. The Morgan fingerprint density at radius 3 is 2.95 bits per heavy atom. The Morgan fingerprint density at radius 1 is 1.53 bits per heavy atom. The maximum absolute atomic E-state index is 11.7. The normalized spacial score (nSPS) is 12.2. The maximum Gasteiger partial charge on any atom is 0.241 e. The van der Waals surface area contributed by atoms with Gasteiger partial charge in [-0.2, -0.15) is 0 Å². The molecular weight excluding hydrogens is 244 g/mol. The fraction of sp³-hybridized carbons (Fsp3) is 0.333. The molecule has 2 aromatic rings. The molecule has 100 valence electrons. The predicted octanol–water partition coefficient (Wildman–Crippen LogP) is 0.647. The Kier molecular flexibility index (Phi) is 3.86. The van der Waals surface area contributed by atoms with Gasteiger partial charge in [0.2, 0.25) is 5.91 Å². The molecule has 0 bridgehead atoms. The van der Waals surface area contributed by atoms with Gasteiger partial charge in [0.25, 0.3) is 0 Å². The van der Waals surface area contributed by atoms with Crippen molar-refractivity contribution in [2.45, 2.75) is 26.3 Å². The van der Waals surface area contributed by atoms with Gasteiger partial charge in [0.15, 0.2) is 0 Å². The van der Waals surface area contributed by atoms with Crippen LogP contribution in [-0.2, 0) is 4.79 Å². The molecule has 0 aliphatic heterocycles. The van der Waals surface area contributed by atoms with Crippen molar-refractivity contribution in [3.8, 4) is 5.69 Å². The third-order valence-electron chi connectivity index (χ3n) is 2.85. The summed E-state index contributed by atoms with van der Waals surface area (Å²) in [6.45, 7) is 3.81. The highest BCUT2D eigenvalue weighted by molar-refractivity contribution is 5.94. The summed E-state index contributed by atoms with van der Waals surface area (Å²) in [5, 5.41) is 13.8. The van der Waals surface area contributed by atoms with Crippen molar-refractivity contribution in [2.24, 2.45) is 5.73 Å². The molecule has 0 spiro atoms. The molecule has 2 rings (SSSR count). The zero-order valence-electron chi connectivity index (χ0n) is 10.9. The number of carbonyl (C=O) groups is 1. The van der Waals surface area contributed by atoms with Crippen LogP contribution < -0.4 is 11.1 Å². The number of aryl methyl sites for hydroxylation is 1. The largest absolute Gasteiger partial charge is 0.325 e. The van der Waals surface area contributed by atoms with Crippen LogP contribution in [0.5, 0.6) is 0 Å². The molecule has 1 amide bonds. The number of amides is 1. The minimum atomic E-state index is -0.502. The van der Waals surface area contributed by atoms with Crippen molar-refractivity contribution < 1.29 is 4.79 Å². The number of aromatic nitrogens is 4. The van der Waals surface area contributed by atoms with Crippen molar-refractivity contribution in [3.05, 3.63) is 30.1 Å². The summed E-state index contributed by atoms with van der Waals surface area (Å²) in [7, 11) is 0. The van der Waals surface area contributed by atoms with E-state index in [1.165, 1.54) is 6.33 Å². The number of benzene rings is 1. The molecular formula is C12H16N6O. The molecule has 7 heteroatoms. The minimum Gasteiger partial charge on any atom is -0.325 e. The van der Waals surface area contributed by atoms with Gasteiger partial charge in [0, 0.05) is 5.69 Å². The molecule has 1 aromatic heterocycles. The number of anilines is 1. The molecule has 0 fully saturated rings. The highest BCUT2D eigenvalue weighted by Crippen LogP contribution is 2.18. The topological polar surface area (TPSA) is 98.7 Å². The van der Waals surface area contributed by atoms with Gasteiger partial charge in [-0.3, -0.25) is 4.79 Å². The zero-order chi connectivity index (χ0) is 13.8. The Bertz CT molecular complexity index is 566. The van der Waals surface area contributed by atoms with Crippen LogP contribution in [0.25, 0.3) is 5.69 Å².